The Bertz CT molecular complexity index is 790. The van der Waals surface area contributed by atoms with Crippen LogP contribution < -0.4 is 0 Å². The standard InChI is InChI=1S/C20H24O7/c1-5-8(2)17(21)25-11-6-10-14-12(26-19(10)23)7-20(4,24)15(14)16-13(11)9(3)18(22)27-16/h5,9,11-13,15-16,24H,6-7H2,1-4H3/b8-5+/t9-,11-,12-,13-,15+,16+,20-/m1/s1. The minimum Gasteiger partial charge on any atom is -0.461 e. The maximum atomic E-state index is 12.4. The Hall–Kier alpha value is -2.15. The summed E-state index contributed by atoms with van der Waals surface area (Å²) in [5.41, 5.74) is 0.446. The van der Waals surface area contributed by atoms with Crippen molar-refractivity contribution in [1.29, 1.82) is 0 Å². The number of aliphatic hydroxyl groups is 1. The summed E-state index contributed by atoms with van der Waals surface area (Å²) in [5.74, 6) is -2.75. The van der Waals surface area contributed by atoms with Crippen LogP contribution in [-0.4, -0.2) is 46.9 Å². The predicted octanol–water partition coefficient (Wildman–Crippen LogP) is 1.44. The van der Waals surface area contributed by atoms with Crippen molar-refractivity contribution in [2.45, 2.75) is 64.4 Å². The summed E-state index contributed by atoms with van der Waals surface area (Å²) in [6.45, 7) is 6.81. The van der Waals surface area contributed by atoms with E-state index in [1.165, 1.54) is 0 Å². The number of ether oxygens (including phenoxy) is 3. The first-order valence-electron chi connectivity index (χ1n) is 9.36. The third kappa shape index (κ3) is 2.55. The SMILES string of the molecule is C/C=C(\C)C(=O)O[C@@H]1CC2=C3[C@@H](C[C@@](C)(O)[C@@H]3[C@H]3OC(=O)[C@H](C)[C@@H]31)OC2=O. The van der Waals surface area contributed by atoms with E-state index >= 15 is 0 Å². The van der Waals surface area contributed by atoms with Crippen LogP contribution in [0.15, 0.2) is 22.8 Å². The van der Waals surface area contributed by atoms with Crippen LogP contribution in [0, 0.1) is 17.8 Å². The van der Waals surface area contributed by atoms with Crippen molar-refractivity contribution in [2.24, 2.45) is 17.8 Å². The largest absolute Gasteiger partial charge is 0.461 e. The first-order chi connectivity index (χ1) is 12.7. The smallest absolute Gasteiger partial charge is 0.334 e. The van der Waals surface area contributed by atoms with E-state index in [9.17, 15) is 19.5 Å². The zero-order chi connectivity index (χ0) is 19.7. The van der Waals surface area contributed by atoms with E-state index in [0.29, 0.717) is 16.7 Å². The zero-order valence-corrected chi connectivity index (χ0v) is 15.9. The zero-order valence-electron chi connectivity index (χ0n) is 15.9. The molecule has 2 fully saturated rings. The highest BCUT2D eigenvalue weighted by atomic mass is 16.6. The molecule has 0 aromatic carbocycles. The molecule has 7 atom stereocenters. The molecule has 146 valence electrons. The van der Waals surface area contributed by atoms with Crippen molar-refractivity contribution in [3.63, 3.8) is 0 Å². The van der Waals surface area contributed by atoms with Crippen LogP contribution in [-0.2, 0) is 28.6 Å². The highest BCUT2D eigenvalue weighted by molar-refractivity contribution is 5.94. The molecule has 0 unspecified atom stereocenters. The average Bonchev–Trinajstić information content (AvgIpc) is 3.08. The Morgan fingerprint density at radius 1 is 1.33 bits per heavy atom. The van der Waals surface area contributed by atoms with Gasteiger partial charge in [-0.1, -0.05) is 13.0 Å². The van der Waals surface area contributed by atoms with E-state index in [2.05, 4.69) is 0 Å². The molecular formula is C20H24O7. The first-order valence-corrected chi connectivity index (χ1v) is 9.36. The molecule has 27 heavy (non-hydrogen) atoms. The fourth-order valence-electron chi connectivity index (χ4n) is 5.08. The summed E-state index contributed by atoms with van der Waals surface area (Å²) in [6, 6.07) is 0. The molecule has 0 amide bonds. The van der Waals surface area contributed by atoms with Crippen molar-refractivity contribution < 1.29 is 33.7 Å². The number of esters is 3. The van der Waals surface area contributed by atoms with Gasteiger partial charge in [0.05, 0.1) is 17.4 Å². The topological polar surface area (TPSA) is 99.1 Å². The van der Waals surface area contributed by atoms with Crippen molar-refractivity contribution in [3.05, 3.63) is 22.8 Å². The van der Waals surface area contributed by atoms with Gasteiger partial charge in [0.25, 0.3) is 0 Å². The predicted molar refractivity (Wildman–Crippen MR) is 92.1 cm³/mol. The van der Waals surface area contributed by atoms with Crippen LogP contribution >= 0.6 is 0 Å². The normalized spacial score (nSPS) is 43.1. The van der Waals surface area contributed by atoms with Gasteiger partial charge in [-0.15, -0.1) is 0 Å². The second-order valence-electron chi connectivity index (χ2n) is 8.25. The van der Waals surface area contributed by atoms with Crippen molar-refractivity contribution in [3.8, 4) is 0 Å². The Balaban J connectivity index is 1.79. The van der Waals surface area contributed by atoms with E-state index in [0.717, 1.165) is 0 Å². The molecule has 0 spiro atoms. The third-order valence-corrected chi connectivity index (χ3v) is 6.55. The molecule has 0 aromatic heterocycles. The average molecular weight is 376 g/mol. The van der Waals surface area contributed by atoms with Gasteiger partial charge in [-0.05, 0) is 26.3 Å². The van der Waals surface area contributed by atoms with E-state index in [1.54, 1.807) is 33.8 Å². The van der Waals surface area contributed by atoms with E-state index in [1.807, 2.05) is 0 Å². The van der Waals surface area contributed by atoms with E-state index in [-0.39, 0.29) is 18.8 Å². The highest BCUT2D eigenvalue weighted by Gasteiger charge is 2.64. The molecule has 0 aromatic rings. The number of fused-ring (bicyclic) bond motifs is 2. The number of carbonyl (C=O) groups excluding carboxylic acids is 3. The highest BCUT2D eigenvalue weighted by Crippen LogP contribution is 2.56. The third-order valence-electron chi connectivity index (χ3n) is 6.55. The van der Waals surface area contributed by atoms with Crippen LogP contribution in [0.5, 0.6) is 0 Å². The molecule has 2 aliphatic carbocycles. The number of hydrogen-bond acceptors (Lipinski definition) is 7. The Labute approximate surface area is 157 Å². The lowest BCUT2D eigenvalue weighted by atomic mass is 9.77. The molecule has 2 heterocycles. The lowest BCUT2D eigenvalue weighted by Crippen LogP contribution is -2.44. The monoisotopic (exact) mass is 376 g/mol. The van der Waals surface area contributed by atoms with Gasteiger partial charge in [-0.3, -0.25) is 4.79 Å². The van der Waals surface area contributed by atoms with Crippen LogP contribution in [0.3, 0.4) is 0 Å². The Morgan fingerprint density at radius 3 is 2.70 bits per heavy atom. The van der Waals surface area contributed by atoms with Crippen molar-refractivity contribution in [1.82, 2.24) is 0 Å². The van der Waals surface area contributed by atoms with Gasteiger partial charge in [0.15, 0.2) is 0 Å². The Morgan fingerprint density at radius 2 is 2.04 bits per heavy atom. The molecule has 1 saturated carbocycles. The fraction of sp³-hybridized carbons (Fsp3) is 0.650. The van der Waals surface area contributed by atoms with Gasteiger partial charge in [0, 0.05) is 29.9 Å². The number of allylic oxidation sites excluding steroid dienone is 1. The minimum absolute atomic E-state index is 0.169. The molecule has 2 aliphatic heterocycles. The maximum absolute atomic E-state index is 12.4. The van der Waals surface area contributed by atoms with Gasteiger partial charge in [0.1, 0.15) is 18.3 Å². The summed E-state index contributed by atoms with van der Waals surface area (Å²) in [5, 5.41) is 11.0. The van der Waals surface area contributed by atoms with E-state index in [4.69, 9.17) is 14.2 Å². The molecule has 1 saturated heterocycles. The lowest BCUT2D eigenvalue weighted by molar-refractivity contribution is -0.151. The van der Waals surface area contributed by atoms with Crippen LogP contribution in [0.4, 0.5) is 0 Å². The van der Waals surface area contributed by atoms with Crippen molar-refractivity contribution >= 4 is 17.9 Å². The molecule has 7 heteroatoms. The lowest BCUT2D eigenvalue weighted by Gasteiger charge is -2.34. The number of carbonyl (C=O) groups is 3. The Kier molecular flexibility index (Phi) is 4.00. The molecule has 7 nitrogen and oxygen atoms in total. The second kappa shape index (κ2) is 5.92. The second-order valence-corrected chi connectivity index (χ2v) is 8.25. The fourth-order valence-corrected chi connectivity index (χ4v) is 5.08. The quantitative estimate of drug-likeness (QED) is 0.442. The van der Waals surface area contributed by atoms with Gasteiger partial charge in [0.2, 0.25) is 0 Å². The first kappa shape index (κ1) is 18.2. The molecular weight excluding hydrogens is 352 g/mol. The van der Waals surface area contributed by atoms with Gasteiger partial charge in [-0.25, -0.2) is 9.59 Å². The van der Waals surface area contributed by atoms with Crippen molar-refractivity contribution in [2.75, 3.05) is 0 Å². The number of rotatable bonds is 2. The molecule has 0 bridgehead atoms. The van der Waals surface area contributed by atoms with Crippen LogP contribution in [0.1, 0.15) is 40.5 Å². The summed E-state index contributed by atoms with van der Waals surface area (Å²) in [7, 11) is 0. The molecule has 1 N–H and O–H groups in total. The van der Waals surface area contributed by atoms with Crippen LogP contribution in [0.2, 0.25) is 0 Å². The van der Waals surface area contributed by atoms with Gasteiger partial charge in [-0.2, -0.15) is 0 Å². The maximum Gasteiger partial charge on any atom is 0.334 e. The summed E-state index contributed by atoms with van der Waals surface area (Å²) >= 11 is 0. The van der Waals surface area contributed by atoms with E-state index < -0.39 is 53.6 Å². The molecule has 4 rings (SSSR count). The molecule has 0 radical (unpaired) electrons. The molecule has 4 aliphatic rings. The minimum atomic E-state index is -1.17. The summed E-state index contributed by atoms with van der Waals surface area (Å²) in [4.78, 5) is 37.2. The van der Waals surface area contributed by atoms with Crippen LogP contribution in [0.25, 0.3) is 0 Å². The number of hydrogen-bond donors (Lipinski definition) is 1. The van der Waals surface area contributed by atoms with Gasteiger partial charge >= 0.3 is 17.9 Å². The van der Waals surface area contributed by atoms with Gasteiger partial charge < -0.3 is 19.3 Å². The summed E-state index contributed by atoms with van der Waals surface area (Å²) in [6.07, 6.45) is 0.237. The summed E-state index contributed by atoms with van der Waals surface area (Å²) < 4.78 is 16.8.